The van der Waals surface area contributed by atoms with Crippen LogP contribution in [0.1, 0.15) is 56.2 Å². The number of aryl methyl sites for hydroxylation is 1. The number of unbranched alkanes of at least 4 members (excludes halogenated alkanes) is 1. The molecule has 0 unspecified atom stereocenters. The summed E-state index contributed by atoms with van der Waals surface area (Å²) in [5.74, 6) is 0.965. The minimum Gasteiger partial charge on any atom is -0.331 e. The number of nitrogens with zero attached hydrogens (tertiary/aromatic N) is 3. The maximum Gasteiger partial charge on any atom is 0.254 e. The van der Waals surface area contributed by atoms with Crippen molar-refractivity contribution < 1.29 is 9.18 Å². The Morgan fingerprint density at radius 1 is 1.14 bits per heavy atom. The molecule has 0 N–H and O–H groups in total. The van der Waals surface area contributed by atoms with Crippen LogP contribution in [0.25, 0.3) is 11.0 Å². The molecule has 0 aliphatic rings. The second-order valence-electron chi connectivity index (χ2n) is 7.94. The normalized spacial score (nSPS) is 11.3. The van der Waals surface area contributed by atoms with Crippen molar-refractivity contribution in [1.82, 2.24) is 14.5 Å². The van der Waals surface area contributed by atoms with Crippen LogP contribution in [-0.2, 0) is 13.1 Å². The van der Waals surface area contributed by atoms with Gasteiger partial charge in [-0.15, -0.1) is 0 Å². The zero-order chi connectivity index (χ0) is 20.8. The number of para-hydroxylation sites is 2. The third-order valence-electron chi connectivity index (χ3n) is 5.16. The van der Waals surface area contributed by atoms with Crippen molar-refractivity contribution in [1.29, 1.82) is 0 Å². The molecule has 1 aromatic heterocycles. The third kappa shape index (κ3) is 5.22. The molecule has 0 aliphatic carbocycles. The van der Waals surface area contributed by atoms with Crippen LogP contribution in [0.15, 0.2) is 48.5 Å². The maximum atomic E-state index is 13.3. The predicted molar refractivity (Wildman–Crippen MR) is 115 cm³/mol. The molecule has 0 saturated heterocycles. The van der Waals surface area contributed by atoms with E-state index in [4.69, 9.17) is 4.98 Å². The van der Waals surface area contributed by atoms with Crippen LogP contribution in [0.3, 0.4) is 0 Å². The number of fused-ring (bicyclic) bond motifs is 1. The van der Waals surface area contributed by atoms with Crippen molar-refractivity contribution in [2.75, 3.05) is 6.54 Å². The van der Waals surface area contributed by atoms with Crippen LogP contribution in [-0.4, -0.2) is 26.9 Å². The molecule has 0 fully saturated rings. The zero-order valence-electron chi connectivity index (χ0n) is 17.6. The summed E-state index contributed by atoms with van der Waals surface area (Å²) in [5, 5.41) is 0. The molecule has 0 radical (unpaired) electrons. The van der Waals surface area contributed by atoms with Crippen LogP contribution < -0.4 is 0 Å². The van der Waals surface area contributed by atoms with Gasteiger partial charge in [-0.3, -0.25) is 4.79 Å². The number of hydrogen-bond donors (Lipinski definition) is 0. The van der Waals surface area contributed by atoms with Gasteiger partial charge < -0.3 is 9.47 Å². The summed E-state index contributed by atoms with van der Waals surface area (Å²) in [6, 6.07) is 13.9. The van der Waals surface area contributed by atoms with Crippen LogP contribution >= 0.6 is 0 Å². The highest BCUT2D eigenvalue weighted by Gasteiger charge is 2.20. The molecule has 2 aromatic carbocycles. The number of aromatic nitrogens is 2. The highest BCUT2D eigenvalue weighted by atomic mass is 19.1. The van der Waals surface area contributed by atoms with E-state index in [0.29, 0.717) is 24.6 Å². The first-order chi connectivity index (χ1) is 14.0. The van der Waals surface area contributed by atoms with Crippen molar-refractivity contribution in [3.05, 3.63) is 65.7 Å². The molecule has 5 heteroatoms. The second-order valence-corrected chi connectivity index (χ2v) is 7.94. The van der Waals surface area contributed by atoms with Gasteiger partial charge >= 0.3 is 0 Å². The summed E-state index contributed by atoms with van der Waals surface area (Å²) < 4.78 is 15.5. The van der Waals surface area contributed by atoms with E-state index in [1.54, 1.807) is 12.1 Å². The molecule has 0 spiro atoms. The first-order valence-electron chi connectivity index (χ1n) is 10.5. The minimum atomic E-state index is -0.336. The Kier molecular flexibility index (Phi) is 7.02. The van der Waals surface area contributed by atoms with Crippen LogP contribution in [0.2, 0.25) is 0 Å². The van der Waals surface area contributed by atoms with Gasteiger partial charge in [0.25, 0.3) is 5.91 Å². The zero-order valence-corrected chi connectivity index (χ0v) is 17.6. The molecule has 0 atom stereocenters. The van der Waals surface area contributed by atoms with Crippen LogP contribution in [0.4, 0.5) is 4.39 Å². The fourth-order valence-corrected chi connectivity index (χ4v) is 3.42. The molecular weight excluding hydrogens is 365 g/mol. The van der Waals surface area contributed by atoms with Gasteiger partial charge in [0.2, 0.25) is 0 Å². The Balaban J connectivity index is 1.92. The van der Waals surface area contributed by atoms with E-state index in [1.165, 1.54) is 12.1 Å². The van der Waals surface area contributed by atoms with Crippen molar-refractivity contribution in [2.24, 2.45) is 5.92 Å². The van der Waals surface area contributed by atoms with Gasteiger partial charge in [-0.05, 0) is 55.2 Å². The molecule has 0 saturated carbocycles. The molecular formula is C24H30FN3O. The van der Waals surface area contributed by atoms with Gasteiger partial charge in [-0.1, -0.05) is 39.3 Å². The fraction of sp³-hybridized carbons (Fsp3) is 0.417. The monoisotopic (exact) mass is 395 g/mol. The minimum absolute atomic E-state index is 0.0836. The number of carbonyl (C=O) groups excluding carboxylic acids is 1. The van der Waals surface area contributed by atoms with E-state index < -0.39 is 0 Å². The number of rotatable bonds is 9. The van der Waals surface area contributed by atoms with Crippen molar-refractivity contribution in [2.45, 2.75) is 53.1 Å². The van der Waals surface area contributed by atoms with E-state index >= 15 is 0 Å². The molecule has 0 bridgehead atoms. The lowest BCUT2D eigenvalue weighted by atomic mass is 10.1. The molecule has 4 nitrogen and oxygen atoms in total. The van der Waals surface area contributed by atoms with Crippen molar-refractivity contribution in [3.8, 4) is 0 Å². The molecule has 3 rings (SSSR count). The lowest BCUT2D eigenvalue weighted by Gasteiger charge is -2.24. The Labute approximate surface area is 172 Å². The molecule has 154 valence electrons. The first kappa shape index (κ1) is 21.0. The van der Waals surface area contributed by atoms with Gasteiger partial charge in [0.05, 0.1) is 17.6 Å². The first-order valence-corrected chi connectivity index (χ1v) is 10.5. The molecule has 1 amide bonds. The summed E-state index contributed by atoms with van der Waals surface area (Å²) in [4.78, 5) is 19.9. The average molecular weight is 396 g/mol. The van der Waals surface area contributed by atoms with E-state index in [-0.39, 0.29) is 11.7 Å². The summed E-state index contributed by atoms with van der Waals surface area (Å²) in [6.07, 6.45) is 3.06. The summed E-state index contributed by atoms with van der Waals surface area (Å²) in [6.45, 7) is 8.45. The van der Waals surface area contributed by atoms with Crippen molar-refractivity contribution in [3.63, 3.8) is 0 Å². The van der Waals surface area contributed by atoms with Crippen molar-refractivity contribution >= 4 is 16.9 Å². The van der Waals surface area contributed by atoms with Crippen LogP contribution in [0.5, 0.6) is 0 Å². The molecule has 1 heterocycles. The molecule has 29 heavy (non-hydrogen) atoms. The number of carbonyl (C=O) groups is 1. The van der Waals surface area contributed by atoms with Gasteiger partial charge in [-0.25, -0.2) is 9.37 Å². The van der Waals surface area contributed by atoms with Gasteiger partial charge in [0, 0.05) is 18.7 Å². The summed E-state index contributed by atoms with van der Waals surface area (Å²) in [7, 11) is 0. The van der Waals surface area contributed by atoms with Crippen LogP contribution in [0, 0.1) is 11.7 Å². The van der Waals surface area contributed by atoms with E-state index in [9.17, 15) is 9.18 Å². The highest BCUT2D eigenvalue weighted by Crippen LogP contribution is 2.20. The number of imidazole rings is 1. The Morgan fingerprint density at radius 2 is 1.86 bits per heavy atom. The lowest BCUT2D eigenvalue weighted by Crippen LogP contribution is -2.33. The number of benzene rings is 2. The van der Waals surface area contributed by atoms with E-state index in [1.807, 2.05) is 23.1 Å². The Hall–Kier alpha value is -2.69. The fourth-order valence-electron chi connectivity index (χ4n) is 3.42. The lowest BCUT2D eigenvalue weighted by molar-refractivity contribution is 0.0729. The van der Waals surface area contributed by atoms with E-state index in [2.05, 4.69) is 31.4 Å². The maximum absolute atomic E-state index is 13.3. The number of hydrogen-bond acceptors (Lipinski definition) is 2. The van der Waals surface area contributed by atoms with Gasteiger partial charge in [0.1, 0.15) is 11.6 Å². The Bertz CT molecular complexity index is 946. The molecule has 0 aliphatic heterocycles. The molecule has 3 aromatic rings. The second kappa shape index (κ2) is 9.68. The van der Waals surface area contributed by atoms with Gasteiger partial charge in [0.15, 0.2) is 0 Å². The smallest absolute Gasteiger partial charge is 0.254 e. The predicted octanol–water partition coefficient (Wildman–Crippen LogP) is 5.66. The third-order valence-corrected chi connectivity index (χ3v) is 5.16. The topological polar surface area (TPSA) is 38.1 Å². The quantitative estimate of drug-likeness (QED) is 0.469. The average Bonchev–Trinajstić information content (AvgIpc) is 3.06. The SMILES string of the molecule is CCCCn1c(CN(CCC(C)C)C(=O)c2ccc(F)cc2)nc2ccccc21. The highest BCUT2D eigenvalue weighted by molar-refractivity contribution is 5.94. The van der Waals surface area contributed by atoms with E-state index in [0.717, 1.165) is 42.7 Å². The Morgan fingerprint density at radius 3 is 2.55 bits per heavy atom. The standard InChI is InChI=1S/C24H30FN3O/c1-4-5-15-28-22-9-7-6-8-21(22)26-23(28)17-27(16-14-18(2)3)24(29)19-10-12-20(25)13-11-19/h6-13,18H,4-5,14-17H2,1-3H3. The number of amides is 1. The summed E-state index contributed by atoms with van der Waals surface area (Å²) in [5.41, 5.74) is 2.57. The number of halogens is 1. The van der Waals surface area contributed by atoms with Gasteiger partial charge in [-0.2, -0.15) is 0 Å². The summed E-state index contributed by atoms with van der Waals surface area (Å²) >= 11 is 0. The largest absolute Gasteiger partial charge is 0.331 e.